The fraction of sp³-hybridized carbons (Fsp3) is 0.200. The van der Waals surface area contributed by atoms with E-state index < -0.39 is 24.0 Å². The Kier molecular flexibility index (Phi) is 6.17. The number of hydrogen-bond donors (Lipinski definition) is 1. The molecule has 2 unspecified atom stereocenters. The summed E-state index contributed by atoms with van der Waals surface area (Å²) in [6.07, 6.45) is -1.07. The van der Waals surface area contributed by atoms with E-state index in [0.717, 1.165) is 11.1 Å². The summed E-state index contributed by atoms with van der Waals surface area (Å²) in [5.74, 6) is -1.53. The summed E-state index contributed by atoms with van der Waals surface area (Å²) in [5.41, 5.74) is 2.96. The van der Waals surface area contributed by atoms with E-state index in [1.165, 1.54) is 19.1 Å². The Hall–Kier alpha value is -4.07. The summed E-state index contributed by atoms with van der Waals surface area (Å²) in [6, 6.07) is 16.4. The zero-order chi connectivity index (χ0) is 23.5. The second-order valence-electron chi connectivity index (χ2n) is 7.70. The van der Waals surface area contributed by atoms with Gasteiger partial charge in [-0.2, -0.15) is 0 Å². The molecule has 1 N–H and O–H groups in total. The van der Waals surface area contributed by atoms with E-state index in [0.29, 0.717) is 16.8 Å². The van der Waals surface area contributed by atoms with Crippen LogP contribution in [0, 0.1) is 12.7 Å². The molecular weight excluding hydrogens is 425 g/mol. The molecule has 0 saturated carbocycles. The molecule has 4 rings (SSSR count). The van der Waals surface area contributed by atoms with E-state index in [-0.39, 0.29) is 17.1 Å². The van der Waals surface area contributed by atoms with Crippen LogP contribution >= 0.6 is 0 Å². The van der Waals surface area contributed by atoms with Gasteiger partial charge in [0.2, 0.25) is 0 Å². The molecule has 0 spiro atoms. The first kappa shape index (κ1) is 22.1. The molecule has 2 atom stereocenters. The van der Waals surface area contributed by atoms with Gasteiger partial charge in [-0.15, -0.1) is 0 Å². The topological polar surface area (TPSA) is 94.3 Å². The van der Waals surface area contributed by atoms with Crippen LogP contribution in [-0.2, 0) is 9.53 Å². The molecule has 0 bridgehead atoms. The molecular formula is C25H22FN3O4. The molecule has 0 fully saturated rings. The van der Waals surface area contributed by atoms with Gasteiger partial charge in [-0.3, -0.25) is 4.79 Å². The van der Waals surface area contributed by atoms with Crippen LogP contribution in [0.25, 0.3) is 22.4 Å². The number of aryl methyl sites for hydroxylation is 1. The van der Waals surface area contributed by atoms with Gasteiger partial charge in [0.25, 0.3) is 11.6 Å². The number of carbonyl (C=O) groups is 2. The summed E-state index contributed by atoms with van der Waals surface area (Å²) in [6.45, 7) is 4.95. The van der Waals surface area contributed by atoms with Crippen molar-refractivity contribution in [2.24, 2.45) is 0 Å². The standard InChI is InChI=1S/C25H22FN3O4/c1-14(17-9-11-19(26)12-10-17)27-23(30)16(3)32-25(31)20-13-21(18-7-5-4-6-8-18)28-24-22(20)15(2)29-33-24/h4-14,16H,1-3H3,(H,27,30). The van der Waals surface area contributed by atoms with Crippen molar-refractivity contribution in [3.05, 3.63) is 83.3 Å². The Bertz CT molecular complexity index is 1300. The van der Waals surface area contributed by atoms with Crippen molar-refractivity contribution < 1.29 is 23.2 Å². The summed E-state index contributed by atoms with van der Waals surface area (Å²) in [7, 11) is 0. The molecule has 33 heavy (non-hydrogen) atoms. The molecule has 0 radical (unpaired) electrons. The van der Waals surface area contributed by atoms with Crippen LogP contribution in [0.2, 0.25) is 0 Å². The minimum absolute atomic E-state index is 0.211. The lowest BCUT2D eigenvalue weighted by atomic mass is 10.1. The quantitative estimate of drug-likeness (QED) is 0.428. The van der Waals surface area contributed by atoms with Gasteiger partial charge in [0.15, 0.2) is 6.10 Å². The van der Waals surface area contributed by atoms with E-state index in [1.54, 1.807) is 32.0 Å². The van der Waals surface area contributed by atoms with Gasteiger partial charge < -0.3 is 14.6 Å². The highest BCUT2D eigenvalue weighted by Crippen LogP contribution is 2.27. The summed E-state index contributed by atoms with van der Waals surface area (Å²) < 4.78 is 23.9. The van der Waals surface area contributed by atoms with Gasteiger partial charge in [0, 0.05) is 5.56 Å². The van der Waals surface area contributed by atoms with Crippen LogP contribution < -0.4 is 5.32 Å². The summed E-state index contributed by atoms with van der Waals surface area (Å²) in [5, 5.41) is 7.12. The number of nitrogens with one attached hydrogen (secondary N) is 1. The van der Waals surface area contributed by atoms with E-state index in [2.05, 4.69) is 15.5 Å². The average Bonchev–Trinajstić information content (AvgIpc) is 3.20. The van der Waals surface area contributed by atoms with Gasteiger partial charge in [-0.05, 0) is 44.5 Å². The van der Waals surface area contributed by atoms with Gasteiger partial charge in [-0.1, -0.05) is 47.6 Å². The number of rotatable bonds is 6. The number of ether oxygens (including phenoxy) is 1. The minimum Gasteiger partial charge on any atom is -0.449 e. The Morgan fingerprint density at radius 2 is 1.76 bits per heavy atom. The first-order valence-electron chi connectivity index (χ1n) is 10.4. The van der Waals surface area contributed by atoms with E-state index in [4.69, 9.17) is 9.26 Å². The molecule has 4 aromatic rings. The summed E-state index contributed by atoms with van der Waals surface area (Å²) in [4.78, 5) is 30.1. The van der Waals surface area contributed by atoms with Crippen LogP contribution in [-0.4, -0.2) is 28.1 Å². The second kappa shape index (κ2) is 9.20. The lowest BCUT2D eigenvalue weighted by Crippen LogP contribution is -2.37. The average molecular weight is 447 g/mol. The predicted octanol–water partition coefficient (Wildman–Crippen LogP) is 4.76. The molecule has 8 heteroatoms. The molecule has 0 saturated heterocycles. The van der Waals surface area contributed by atoms with Crippen molar-refractivity contribution in [2.75, 3.05) is 0 Å². The molecule has 2 aromatic heterocycles. The van der Waals surface area contributed by atoms with Crippen molar-refractivity contribution in [3.8, 4) is 11.3 Å². The number of pyridine rings is 1. The normalized spacial score (nSPS) is 12.8. The van der Waals surface area contributed by atoms with Crippen LogP contribution in [0.4, 0.5) is 4.39 Å². The van der Waals surface area contributed by atoms with Crippen molar-refractivity contribution in [1.29, 1.82) is 0 Å². The zero-order valence-corrected chi connectivity index (χ0v) is 18.3. The fourth-order valence-electron chi connectivity index (χ4n) is 3.46. The Morgan fingerprint density at radius 1 is 1.06 bits per heavy atom. The Labute approximate surface area is 189 Å². The number of nitrogens with zero attached hydrogens (tertiary/aromatic N) is 2. The van der Waals surface area contributed by atoms with Gasteiger partial charge >= 0.3 is 5.97 Å². The van der Waals surface area contributed by atoms with Crippen LogP contribution in [0.1, 0.15) is 41.5 Å². The summed E-state index contributed by atoms with van der Waals surface area (Å²) >= 11 is 0. The monoisotopic (exact) mass is 447 g/mol. The molecule has 0 aliphatic rings. The highest BCUT2D eigenvalue weighted by Gasteiger charge is 2.25. The number of amides is 1. The molecule has 1 amide bonds. The maximum atomic E-state index is 13.1. The lowest BCUT2D eigenvalue weighted by molar-refractivity contribution is -0.129. The third-order valence-corrected chi connectivity index (χ3v) is 5.29. The Balaban J connectivity index is 1.55. The van der Waals surface area contributed by atoms with Crippen LogP contribution in [0.5, 0.6) is 0 Å². The number of hydrogen-bond acceptors (Lipinski definition) is 6. The molecule has 2 aromatic carbocycles. The molecule has 7 nitrogen and oxygen atoms in total. The van der Waals surface area contributed by atoms with Crippen LogP contribution in [0.3, 0.4) is 0 Å². The van der Waals surface area contributed by atoms with E-state index in [1.807, 2.05) is 30.3 Å². The molecule has 0 aliphatic carbocycles. The lowest BCUT2D eigenvalue weighted by Gasteiger charge is -2.18. The van der Waals surface area contributed by atoms with Gasteiger partial charge in [-0.25, -0.2) is 14.2 Å². The van der Waals surface area contributed by atoms with Crippen molar-refractivity contribution in [3.63, 3.8) is 0 Å². The largest absolute Gasteiger partial charge is 0.449 e. The number of carbonyl (C=O) groups excluding carboxylic acids is 2. The second-order valence-corrected chi connectivity index (χ2v) is 7.70. The SMILES string of the molecule is Cc1noc2nc(-c3ccccc3)cc(C(=O)OC(C)C(=O)NC(C)c3ccc(F)cc3)c12. The van der Waals surface area contributed by atoms with Crippen LogP contribution in [0.15, 0.2) is 65.2 Å². The Morgan fingerprint density at radius 3 is 2.45 bits per heavy atom. The van der Waals surface area contributed by atoms with Gasteiger partial charge in [0.1, 0.15) is 5.82 Å². The van der Waals surface area contributed by atoms with E-state index >= 15 is 0 Å². The first-order valence-corrected chi connectivity index (χ1v) is 10.4. The minimum atomic E-state index is -1.07. The van der Waals surface area contributed by atoms with Crippen molar-refractivity contribution >= 4 is 23.0 Å². The number of benzene rings is 2. The van der Waals surface area contributed by atoms with Crippen molar-refractivity contribution in [1.82, 2.24) is 15.5 Å². The molecule has 168 valence electrons. The maximum absolute atomic E-state index is 13.1. The van der Waals surface area contributed by atoms with Gasteiger partial charge in [0.05, 0.1) is 28.4 Å². The third-order valence-electron chi connectivity index (χ3n) is 5.29. The van der Waals surface area contributed by atoms with Crippen molar-refractivity contribution in [2.45, 2.75) is 32.9 Å². The molecule has 2 heterocycles. The molecule has 0 aliphatic heterocycles. The number of esters is 1. The smallest absolute Gasteiger partial charge is 0.339 e. The number of halogens is 1. The number of aromatic nitrogens is 2. The number of fused-ring (bicyclic) bond motifs is 1. The van der Waals surface area contributed by atoms with E-state index in [9.17, 15) is 14.0 Å². The zero-order valence-electron chi connectivity index (χ0n) is 18.3. The highest BCUT2D eigenvalue weighted by atomic mass is 19.1. The third kappa shape index (κ3) is 4.74. The predicted molar refractivity (Wildman–Crippen MR) is 120 cm³/mol. The fourth-order valence-corrected chi connectivity index (χ4v) is 3.46. The first-order chi connectivity index (χ1) is 15.8. The maximum Gasteiger partial charge on any atom is 0.339 e. The highest BCUT2D eigenvalue weighted by molar-refractivity contribution is 6.05.